The number of amides is 1. The Hall–Kier alpha value is -1.42. The normalized spacial score (nSPS) is 33.9. The molecule has 1 aromatic rings. The van der Waals surface area contributed by atoms with E-state index in [0.717, 1.165) is 23.3 Å². The van der Waals surface area contributed by atoms with Crippen molar-refractivity contribution in [3.8, 4) is 0 Å². The van der Waals surface area contributed by atoms with E-state index in [9.17, 15) is 9.18 Å². The summed E-state index contributed by atoms with van der Waals surface area (Å²) in [6, 6.07) is 6.50. The van der Waals surface area contributed by atoms with Gasteiger partial charge in [0.15, 0.2) is 0 Å². The van der Waals surface area contributed by atoms with Gasteiger partial charge in [-0.25, -0.2) is 4.39 Å². The van der Waals surface area contributed by atoms with Crippen LogP contribution in [0.15, 0.2) is 24.3 Å². The molecule has 24 heavy (non-hydrogen) atoms. The molecule has 4 aliphatic rings. The smallest absolute Gasteiger partial charge is 0.234 e. The average Bonchev–Trinajstić information content (AvgIpc) is 2.47. The average molecular weight is 330 g/mol. The van der Waals surface area contributed by atoms with E-state index in [1.54, 1.807) is 12.1 Å². The third-order valence-electron chi connectivity index (χ3n) is 6.22. The number of carbonyl (C=O) groups is 1. The predicted molar refractivity (Wildman–Crippen MR) is 91.8 cm³/mol. The second kappa shape index (κ2) is 6.14. The topological polar surface area (TPSA) is 32.3 Å². The Kier molecular flexibility index (Phi) is 4.11. The number of halogens is 1. The van der Waals surface area contributed by atoms with Crippen molar-refractivity contribution in [3.63, 3.8) is 0 Å². The molecular weight excluding hydrogens is 303 g/mol. The zero-order valence-electron chi connectivity index (χ0n) is 14.4. The minimum absolute atomic E-state index is 0.0859. The van der Waals surface area contributed by atoms with Crippen LogP contribution in [-0.4, -0.2) is 29.9 Å². The first-order chi connectivity index (χ1) is 11.5. The third kappa shape index (κ3) is 3.34. The SMILES string of the molecule is CN(CC(=O)NC12CC3CC(CC(C3)C1)C2)Cc1ccc(F)cc1. The van der Waals surface area contributed by atoms with Crippen molar-refractivity contribution in [1.29, 1.82) is 0 Å². The summed E-state index contributed by atoms with van der Waals surface area (Å²) in [5, 5.41) is 3.41. The van der Waals surface area contributed by atoms with Gasteiger partial charge in [-0.1, -0.05) is 12.1 Å². The van der Waals surface area contributed by atoms with Crippen LogP contribution in [0.2, 0.25) is 0 Å². The Labute approximate surface area is 143 Å². The van der Waals surface area contributed by atoms with E-state index < -0.39 is 0 Å². The van der Waals surface area contributed by atoms with E-state index in [4.69, 9.17) is 0 Å². The van der Waals surface area contributed by atoms with Gasteiger partial charge in [-0.2, -0.15) is 0 Å². The van der Waals surface area contributed by atoms with Gasteiger partial charge in [-0.05, 0) is 81.0 Å². The first-order valence-electron chi connectivity index (χ1n) is 9.24. The van der Waals surface area contributed by atoms with Crippen LogP contribution in [-0.2, 0) is 11.3 Å². The number of benzene rings is 1. The highest BCUT2D eigenvalue weighted by atomic mass is 19.1. The molecule has 4 saturated carbocycles. The molecule has 0 heterocycles. The number of nitrogens with zero attached hydrogens (tertiary/aromatic N) is 1. The van der Waals surface area contributed by atoms with E-state index >= 15 is 0 Å². The van der Waals surface area contributed by atoms with E-state index in [2.05, 4.69) is 5.32 Å². The van der Waals surface area contributed by atoms with E-state index in [-0.39, 0.29) is 17.3 Å². The number of hydrogen-bond acceptors (Lipinski definition) is 2. The summed E-state index contributed by atoms with van der Waals surface area (Å²) in [7, 11) is 1.95. The summed E-state index contributed by atoms with van der Waals surface area (Å²) in [5.74, 6) is 2.44. The Morgan fingerprint density at radius 2 is 1.67 bits per heavy atom. The molecule has 4 bridgehead atoms. The largest absolute Gasteiger partial charge is 0.350 e. The molecule has 0 radical (unpaired) electrons. The van der Waals surface area contributed by atoms with Gasteiger partial charge in [-0.3, -0.25) is 9.69 Å². The highest BCUT2D eigenvalue weighted by molar-refractivity contribution is 5.79. The van der Waals surface area contributed by atoms with Crippen molar-refractivity contribution < 1.29 is 9.18 Å². The van der Waals surface area contributed by atoms with Crippen LogP contribution >= 0.6 is 0 Å². The van der Waals surface area contributed by atoms with Crippen LogP contribution < -0.4 is 5.32 Å². The maximum atomic E-state index is 13.0. The van der Waals surface area contributed by atoms with Gasteiger partial charge >= 0.3 is 0 Å². The summed E-state index contributed by atoms with van der Waals surface area (Å²) in [6.07, 6.45) is 7.73. The molecule has 3 nitrogen and oxygen atoms in total. The van der Waals surface area contributed by atoms with Crippen LogP contribution in [0.25, 0.3) is 0 Å². The van der Waals surface area contributed by atoms with E-state index in [1.165, 1.54) is 50.7 Å². The van der Waals surface area contributed by atoms with Crippen LogP contribution in [0.5, 0.6) is 0 Å². The molecule has 4 aliphatic carbocycles. The van der Waals surface area contributed by atoms with Gasteiger partial charge in [0.1, 0.15) is 5.82 Å². The molecule has 0 saturated heterocycles. The van der Waals surface area contributed by atoms with E-state index in [0.29, 0.717) is 13.1 Å². The van der Waals surface area contributed by atoms with Gasteiger partial charge in [0.05, 0.1) is 6.54 Å². The van der Waals surface area contributed by atoms with Crippen LogP contribution in [0.3, 0.4) is 0 Å². The lowest BCUT2D eigenvalue weighted by Crippen LogP contribution is -2.60. The number of carbonyl (C=O) groups excluding carboxylic acids is 1. The Morgan fingerprint density at radius 1 is 1.12 bits per heavy atom. The summed E-state index contributed by atoms with van der Waals surface area (Å²) < 4.78 is 13.0. The Balaban J connectivity index is 1.32. The molecule has 0 spiro atoms. The molecule has 5 rings (SSSR count). The second-order valence-corrected chi connectivity index (χ2v) is 8.54. The monoisotopic (exact) mass is 330 g/mol. The maximum Gasteiger partial charge on any atom is 0.234 e. The Bertz CT molecular complexity index is 577. The summed E-state index contributed by atoms with van der Waals surface area (Å²) in [5.41, 5.74) is 1.12. The number of likely N-dealkylation sites (N-methyl/N-ethyl adjacent to an activating group) is 1. The van der Waals surface area contributed by atoms with Gasteiger partial charge in [0.25, 0.3) is 0 Å². The third-order valence-corrected chi connectivity index (χ3v) is 6.22. The van der Waals surface area contributed by atoms with E-state index in [1.807, 2.05) is 11.9 Å². The van der Waals surface area contributed by atoms with Crippen molar-refractivity contribution >= 4 is 5.91 Å². The first kappa shape index (κ1) is 16.1. The van der Waals surface area contributed by atoms with Crippen LogP contribution in [0.1, 0.15) is 44.1 Å². The highest BCUT2D eigenvalue weighted by Gasteiger charge is 2.51. The molecule has 0 atom stereocenters. The standard InChI is InChI=1S/C20H27FN2O/c1-23(12-14-2-4-18(21)5-3-14)13-19(24)22-20-9-15-6-16(10-20)8-17(7-15)11-20/h2-5,15-17H,6-13H2,1H3,(H,22,24). The van der Waals surface area contributed by atoms with Crippen molar-refractivity contribution in [2.24, 2.45) is 17.8 Å². The fraction of sp³-hybridized carbons (Fsp3) is 0.650. The number of nitrogens with one attached hydrogen (secondary N) is 1. The predicted octanol–water partition coefficient (Wildman–Crippen LogP) is 3.34. The molecule has 0 unspecified atom stereocenters. The summed E-state index contributed by atoms with van der Waals surface area (Å²) in [4.78, 5) is 14.6. The van der Waals surface area contributed by atoms with Crippen LogP contribution in [0, 0.1) is 23.6 Å². The summed E-state index contributed by atoms with van der Waals surface area (Å²) in [6.45, 7) is 1.06. The van der Waals surface area contributed by atoms with Crippen molar-refractivity contribution in [3.05, 3.63) is 35.6 Å². The fourth-order valence-electron chi connectivity index (χ4n) is 5.80. The molecular formula is C20H27FN2O. The van der Waals surface area contributed by atoms with Crippen molar-refractivity contribution in [1.82, 2.24) is 10.2 Å². The molecule has 130 valence electrons. The molecule has 1 amide bonds. The fourth-order valence-corrected chi connectivity index (χ4v) is 5.80. The summed E-state index contributed by atoms with van der Waals surface area (Å²) >= 11 is 0. The number of rotatable bonds is 5. The van der Waals surface area contributed by atoms with Crippen molar-refractivity contribution in [2.75, 3.05) is 13.6 Å². The van der Waals surface area contributed by atoms with Crippen molar-refractivity contribution in [2.45, 2.75) is 50.6 Å². The minimum Gasteiger partial charge on any atom is -0.350 e. The molecule has 1 aromatic carbocycles. The van der Waals surface area contributed by atoms with Gasteiger partial charge in [0.2, 0.25) is 5.91 Å². The number of hydrogen-bond donors (Lipinski definition) is 1. The molecule has 1 N–H and O–H groups in total. The lowest BCUT2D eigenvalue weighted by molar-refractivity contribution is -0.127. The molecule has 4 heteroatoms. The lowest BCUT2D eigenvalue weighted by atomic mass is 9.53. The first-order valence-corrected chi connectivity index (χ1v) is 9.24. The molecule has 4 fully saturated rings. The zero-order valence-corrected chi connectivity index (χ0v) is 14.4. The van der Waals surface area contributed by atoms with Gasteiger partial charge < -0.3 is 5.32 Å². The van der Waals surface area contributed by atoms with Gasteiger partial charge in [-0.15, -0.1) is 0 Å². The quantitative estimate of drug-likeness (QED) is 0.898. The van der Waals surface area contributed by atoms with Gasteiger partial charge in [0, 0.05) is 12.1 Å². The molecule has 0 aliphatic heterocycles. The second-order valence-electron chi connectivity index (χ2n) is 8.54. The minimum atomic E-state index is -0.221. The molecule has 0 aromatic heterocycles. The zero-order chi connectivity index (χ0) is 16.7. The maximum absolute atomic E-state index is 13.0. The highest BCUT2D eigenvalue weighted by Crippen LogP contribution is 2.55. The van der Waals surface area contributed by atoms with Crippen LogP contribution in [0.4, 0.5) is 4.39 Å². The lowest BCUT2D eigenvalue weighted by Gasteiger charge is -2.57. The Morgan fingerprint density at radius 3 is 2.21 bits per heavy atom.